The standard InChI is InChI=1S/C16H23N3O4/c1-16(2,3)23-15(21)19-8-4-5-12(19)10-22-11-14(20)13-9-17-6-7-18-13/h6-7,9,12H,4-5,8,10-11H2,1-3H3/t12-/m0/s1. The highest BCUT2D eigenvalue weighted by atomic mass is 16.6. The summed E-state index contributed by atoms with van der Waals surface area (Å²) in [5.74, 6) is -0.222. The molecular formula is C16H23N3O4. The van der Waals surface area contributed by atoms with Crippen LogP contribution in [-0.4, -0.2) is 58.1 Å². The maximum Gasteiger partial charge on any atom is 0.410 e. The van der Waals surface area contributed by atoms with Gasteiger partial charge in [0.15, 0.2) is 0 Å². The summed E-state index contributed by atoms with van der Waals surface area (Å²) in [6, 6.07) is -0.0560. The van der Waals surface area contributed by atoms with E-state index in [1.54, 1.807) is 4.90 Å². The van der Waals surface area contributed by atoms with Gasteiger partial charge in [0, 0.05) is 18.9 Å². The van der Waals surface area contributed by atoms with Crippen LogP contribution in [0, 0.1) is 0 Å². The lowest BCUT2D eigenvalue weighted by molar-refractivity contribution is 0.0115. The number of rotatable bonds is 5. The highest BCUT2D eigenvalue weighted by Crippen LogP contribution is 2.21. The van der Waals surface area contributed by atoms with Crippen molar-refractivity contribution in [3.8, 4) is 0 Å². The fraction of sp³-hybridized carbons (Fsp3) is 0.625. The van der Waals surface area contributed by atoms with Crippen molar-refractivity contribution in [3.63, 3.8) is 0 Å². The van der Waals surface area contributed by atoms with Gasteiger partial charge in [-0.15, -0.1) is 0 Å². The molecule has 0 aromatic carbocycles. The fourth-order valence-electron chi connectivity index (χ4n) is 2.37. The molecule has 1 aliphatic heterocycles. The first-order valence-corrected chi connectivity index (χ1v) is 7.73. The molecule has 2 heterocycles. The zero-order valence-corrected chi connectivity index (χ0v) is 13.8. The first-order chi connectivity index (χ1) is 10.9. The molecule has 1 aliphatic rings. The van der Waals surface area contributed by atoms with Crippen molar-refractivity contribution in [1.29, 1.82) is 0 Å². The number of ether oxygens (including phenoxy) is 2. The molecule has 0 radical (unpaired) electrons. The van der Waals surface area contributed by atoms with Gasteiger partial charge in [0.25, 0.3) is 0 Å². The van der Waals surface area contributed by atoms with E-state index in [-0.39, 0.29) is 30.2 Å². The lowest BCUT2D eigenvalue weighted by Crippen LogP contribution is -2.41. The number of Topliss-reactive ketones (excluding diaryl/α,β-unsaturated/α-hetero) is 1. The Hall–Kier alpha value is -2.02. The van der Waals surface area contributed by atoms with Gasteiger partial charge in [-0.2, -0.15) is 0 Å². The third kappa shape index (κ3) is 5.28. The predicted octanol–water partition coefficient (Wildman–Crippen LogP) is 2.08. The molecule has 0 N–H and O–H groups in total. The minimum absolute atomic E-state index is 0.0560. The minimum atomic E-state index is -0.521. The van der Waals surface area contributed by atoms with E-state index in [0.717, 1.165) is 12.8 Å². The number of nitrogens with zero attached hydrogens (tertiary/aromatic N) is 3. The van der Waals surface area contributed by atoms with Gasteiger partial charge in [-0.3, -0.25) is 9.78 Å². The van der Waals surface area contributed by atoms with Crippen molar-refractivity contribution in [2.75, 3.05) is 19.8 Å². The number of carbonyl (C=O) groups is 2. The van der Waals surface area contributed by atoms with Gasteiger partial charge in [-0.1, -0.05) is 0 Å². The SMILES string of the molecule is CC(C)(C)OC(=O)N1CCC[C@H]1COCC(=O)c1cnccn1. The molecule has 2 rings (SSSR count). The molecule has 0 unspecified atom stereocenters. The zero-order chi connectivity index (χ0) is 16.9. The maximum absolute atomic E-state index is 12.2. The number of amides is 1. The molecule has 0 spiro atoms. The second kappa shape index (κ2) is 7.50. The van der Waals surface area contributed by atoms with Crippen LogP contribution in [0.5, 0.6) is 0 Å². The van der Waals surface area contributed by atoms with Gasteiger partial charge in [-0.05, 0) is 33.6 Å². The summed E-state index contributed by atoms with van der Waals surface area (Å²) >= 11 is 0. The highest BCUT2D eigenvalue weighted by molar-refractivity contribution is 5.94. The molecule has 1 atom stereocenters. The van der Waals surface area contributed by atoms with Crippen LogP contribution in [-0.2, 0) is 9.47 Å². The van der Waals surface area contributed by atoms with Gasteiger partial charge in [0.2, 0.25) is 5.78 Å². The zero-order valence-electron chi connectivity index (χ0n) is 13.8. The predicted molar refractivity (Wildman–Crippen MR) is 83.1 cm³/mol. The van der Waals surface area contributed by atoms with Crippen LogP contribution in [0.15, 0.2) is 18.6 Å². The molecule has 23 heavy (non-hydrogen) atoms. The molecule has 1 saturated heterocycles. The van der Waals surface area contributed by atoms with Crippen molar-refractivity contribution < 1.29 is 19.1 Å². The third-order valence-electron chi connectivity index (χ3n) is 3.40. The van der Waals surface area contributed by atoms with E-state index in [9.17, 15) is 9.59 Å². The third-order valence-corrected chi connectivity index (χ3v) is 3.40. The lowest BCUT2D eigenvalue weighted by atomic mass is 10.2. The van der Waals surface area contributed by atoms with E-state index < -0.39 is 5.60 Å². The Labute approximate surface area is 136 Å². The number of likely N-dealkylation sites (tertiary alicyclic amines) is 1. The van der Waals surface area contributed by atoms with Gasteiger partial charge in [-0.25, -0.2) is 9.78 Å². The summed E-state index contributed by atoms with van der Waals surface area (Å²) in [5.41, 5.74) is -0.240. The summed E-state index contributed by atoms with van der Waals surface area (Å²) in [7, 11) is 0. The average Bonchev–Trinajstić information content (AvgIpc) is 2.95. The van der Waals surface area contributed by atoms with Gasteiger partial charge < -0.3 is 14.4 Å². The van der Waals surface area contributed by atoms with Crippen molar-refractivity contribution >= 4 is 11.9 Å². The number of carbonyl (C=O) groups excluding carboxylic acids is 2. The molecule has 7 nitrogen and oxygen atoms in total. The fourth-order valence-corrected chi connectivity index (χ4v) is 2.37. The second-order valence-corrected chi connectivity index (χ2v) is 6.50. The molecule has 1 aromatic heterocycles. The van der Waals surface area contributed by atoms with Gasteiger partial charge >= 0.3 is 6.09 Å². The van der Waals surface area contributed by atoms with E-state index in [4.69, 9.17) is 9.47 Å². The number of ketones is 1. The van der Waals surface area contributed by atoms with Crippen LogP contribution in [0.25, 0.3) is 0 Å². The Balaban J connectivity index is 1.80. The summed E-state index contributed by atoms with van der Waals surface area (Å²) in [6.07, 6.45) is 5.81. The Bertz CT molecular complexity index is 542. The van der Waals surface area contributed by atoms with E-state index in [1.807, 2.05) is 20.8 Å². The summed E-state index contributed by atoms with van der Waals surface area (Å²) in [6.45, 7) is 6.41. The van der Waals surface area contributed by atoms with E-state index in [2.05, 4.69) is 9.97 Å². The first kappa shape index (κ1) is 17.3. The Morgan fingerprint density at radius 3 is 2.78 bits per heavy atom. The van der Waals surface area contributed by atoms with Crippen molar-refractivity contribution in [2.45, 2.75) is 45.3 Å². The van der Waals surface area contributed by atoms with E-state index >= 15 is 0 Å². The Kier molecular flexibility index (Phi) is 5.65. The monoisotopic (exact) mass is 321 g/mol. The Morgan fingerprint density at radius 2 is 2.13 bits per heavy atom. The van der Waals surface area contributed by atoms with Crippen molar-refractivity contribution in [2.24, 2.45) is 0 Å². The first-order valence-electron chi connectivity index (χ1n) is 7.73. The molecule has 7 heteroatoms. The highest BCUT2D eigenvalue weighted by Gasteiger charge is 2.32. The van der Waals surface area contributed by atoms with E-state index in [1.165, 1.54) is 18.6 Å². The Morgan fingerprint density at radius 1 is 1.35 bits per heavy atom. The molecule has 0 aliphatic carbocycles. The summed E-state index contributed by atoms with van der Waals surface area (Å²) in [4.78, 5) is 33.5. The smallest absolute Gasteiger partial charge is 0.410 e. The topological polar surface area (TPSA) is 81.6 Å². The molecule has 0 bridgehead atoms. The molecule has 0 saturated carbocycles. The van der Waals surface area contributed by atoms with Crippen LogP contribution < -0.4 is 0 Å². The molecule has 1 amide bonds. The number of hydrogen-bond donors (Lipinski definition) is 0. The summed E-state index contributed by atoms with van der Waals surface area (Å²) < 4.78 is 10.9. The molecule has 1 aromatic rings. The summed E-state index contributed by atoms with van der Waals surface area (Å²) in [5, 5.41) is 0. The van der Waals surface area contributed by atoms with Crippen LogP contribution in [0.4, 0.5) is 4.79 Å². The van der Waals surface area contributed by atoms with Crippen LogP contribution in [0.2, 0.25) is 0 Å². The lowest BCUT2D eigenvalue weighted by Gasteiger charge is -2.28. The van der Waals surface area contributed by atoms with Gasteiger partial charge in [0.1, 0.15) is 17.9 Å². The number of hydrogen-bond acceptors (Lipinski definition) is 6. The normalized spacial score (nSPS) is 18.0. The van der Waals surface area contributed by atoms with Crippen molar-refractivity contribution in [3.05, 3.63) is 24.3 Å². The molecular weight excluding hydrogens is 298 g/mol. The quantitative estimate of drug-likeness (QED) is 0.772. The minimum Gasteiger partial charge on any atom is -0.444 e. The van der Waals surface area contributed by atoms with Gasteiger partial charge in [0.05, 0.1) is 18.8 Å². The van der Waals surface area contributed by atoms with Crippen LogP contribution >= 0.6 is 0 Å². The largest absolute Gasteiger partial charge is 0.444 e. The maximum atomic E-state index is 12.2. The van der Waals surface area contributed by atoms with Crippen LogP contribution in [0.1, 0.15) is 44.1 Å². The van der Waals surface area contributed by atoms with Crippen LogP contribution in [0.3, 0.4) is 0 Å². The molecule has 1 fully saturated rings. The second-order valence-electron chi connectivity index (χ2n) is 6.50. The number of aromatic nitrogens is 2. The van der Waals surface area contributed by atoms with Crippen molar-refractivity contribution in [1.82, 2.24) is 14.9 Å². The average molecular weight is 321 g/mol. The molecule has 126 valence electrons. The van der Waals surface area contributed by atoms with E-state index in [0.29, 0.717) is 13.2 Å².